The van der Waals surface area contributed by atoms with Gasteiger partial charge in [-0.05, 0) is 11.5 Å². The zero-order valence-electron chi connectivity index (χ0n) is 6.56. The van der Waals surface area contributed by atoms with Crippen LogP contribution in [0, 0.1) is 0 Å². The van der Waals surface area contributed by atoms with Crippen molar-refractivity contribution in [1.82, 2.24) is 24.8 Å². The molecular weight excluding hydrogens is 190 g/mol. The van der Waals surface area contributed by atoms with Gasteiger partial charge in [-0.15, -0.1) is 10.2 Å². The van der Waals surface area contributed by atoms with Crippen molar-refractivity contribution in [2.45, 2.75) is 6.54 Å². The second kappa shape index (κ2) is 3.35. The molecule has 2 rings (SSSR count). The van der Waals surface area contributed by atoms with Crippen molar-refractivity contribution >= 4 is 23.4 Å². The van der Waals surface area contributed by atoms with Gasteiger partial charge >= 0.3 is 0 Å². The summed E-state index contributed by atoms with van der Waals surface area (Å²) < 4.78 is 3.72. The number of aromatic nitrogens is 5. The fraction of sp³-hybridized carbons (Fsp3) is 0.200. The first-order chi connectivity index (χ1) is 6.34. The molecule has 0 unspecified atom stereocenters. The van der Waals surface area contributed by atoms with Crippen molar-refractivity contribution < 1.29 is 0 Å². The maximum absolute atomic E-state index is 5.33. The van der Waals surface area contributed by atoms with Crippen molar-refractivity contribution in [3.05, 3.63) is 11.1 Å². The summed E-state index contributed by atoms with van der Waals surface area (Å²) in [4.78, 5) is 3.87. The fourth-order valence-electron chi connectivity index (χ4n) is 0.784. The molecule has 0 bridgehead atoms. The van der Waals surface area contributed by atoms with Crippen LogP contribution in [0.2, 0.25) is 0 Å². The summed E-state index contributed by atoms with van der Waals surface area (Å²) in [6.07, 6.45) is 0. The van der Waals surface area contributed by atoms with Crippen LogP contribution in [0.25, 0.3) is 0 Å². The standard InChI is InChI=1S/C5H7N7S/c6-4-8-5(11-10-4)7-1-3-2-13-12-9-3/h2H,1H2,(H4,6,7,8,10,11). The number of aromatic amines is 1. The molecule has 2 aromatic heterocycles. The molecule has 68 valence electrons. The minimum absolute atomic E-state index is 0.291. The van der Waals surface area contributed by atoms with E-state index in [1.807, 2.05) is 5.38 Å². The first-order valence-electron chi connectivity index (χ1n) is 3.52. The molecule has 0 aliphatic carbocycles. The Labute approximate surface area is 77.5 Å². The molecule has 0 amide bonds. The number of nitrogen functional groups attached to an aromatic ring is 1. The van der Waals surface area contributed by atoms with Crippen molar-refractivity contribution in [2.24, 2.45) is 0 Å². The Morgan fingerprint density at radius 1 is 1.62 bits per heavy atom. The van der Waals surface area contributed by atoms with Gasteiger partial charge < -0.3 is 11.1 Å². The molecule has 0 saturated heterocycles. The number of nitrogens with two attached hydrogens (primary N) is 1. The second-order valence-corrected chi connectivity index (χ2v) is 2.90. The maximum atomic E-state index is 5.33. The lowest BCUT2D eigenvalue weighted by Crippen LogP contribution is -2.01. The van der Waals surface area contributed by atoms with E-state index >= 15 is 0 Å². The Bertz CT molecular complexity index is 366. The summed E-state index contributed by atoms with van der Waals surface area (Å²) in [5.41, 5.74) is 6.19. The number of anilines is 2. The van der Waals surface area contributed by atoms with Crippen LogP contribution in [0.4, 0.5) is 11.9 Å². The molecule has 4 N–H and O–H groups in total. The molecule has 13 heavy (non-hydrogen) atoms. The van der Waals surface area contributed by atoms with E-state index in [9.17, 15) is 0 Å². The number of hydrogen-bond donors (Lipinski definition) is 3. The second-order valence-electron chi connectivity index (χ2n) is 2.29. The van der Waals surface area contributed by atoms with Crippen LogP contribution >= 0.6 is 11.5 Å². The Morgan fingerprint density at radius 2 is 2.54 bits per heavy atom. The molecule has 0 aliphatic heterocycles. The lowest BCUT2D eigenvalue weighted by Gasteiger charge is -1.95. The molecule has 0 aliphatic rings. The fourth-order valence-corrected chi connectivity index (χ4v) is 1.24. The number of nitrogens with one attached hydrogen (secondary N) is 2. The largest absolute Gasteiger partial charge is 0.368 e. The highest BCUT2D eigenvalue weighted by molar-refractivity contribution is 7.03. The SMILES string of the molecule is Nc1nc(NCc2csnn2)n[nH]1. The molecule has 2 aromatic rings. The van der Waals surface area contributed by atoms with Crippen molar-refractivity contribution in [1.29, 1.82) is 0 Å². The predicted octanol–water partition coefficient (Wildman–Crippen LogP) is -0.150. The summed E-state index contributed by atoms with van der Waals surface area (Å²) >= 11 is 1.31. The van der Waals surface area contributed by atoms with Gasteiger partial charge in [0.25, 0.3) is 0 Å². The van der Waals surface area contributed by atoms with Gasteiger partial charge in [-0.25, -0.2) is 5.10 Å². The lowest BCUT2D eigenvalue weighted by atomic mass is 10.5. The third kappa shape index (κ3) is 1.90. The highest BCUT2D eigenvalue weighted by Crippen LogP contribution is 2.02. The third-order valence-electron chi connectivity index (χ3n) is 1.34. The Morgan fingerprint density at radius 3 is 3.15 bits per heavy atom. The average molecular weight is 197 g/mol. The van der Waals surface area contributed by atoms with E-state index in [1.165, 1.54) is 11.5 Å². The van der Waals surface area contributed by atoms with E-state index in [4.69, 9.17) is 5.73 Å². The highest BCUT2D eigenvalue weighted by atomic mass is 32.1. The Balaban J connectivity index is 1.93. The van der Waals surface area contributed by atoms with E-state index < -0.39 is 0 Å². The highest BCUT2D eigenvalue weighted by Gasteiger charge is 2.00. The molecule has 0 saturated carbocycles. The van der Waals surface area contributed by atoms with Gasteiger partial charge in [0.15, 0.2) is 0 Å². The third-order valence-corrected chi connectivity index (χ3v) is 1.89. The van der Waals surface area contributed by atoms with Crippen molar-refractivity contribution in [3.8, 4) is 0 Å². The first kappa shape index (κ1) is 7.92. The van der Waals surface area contributed by atoms with Gasteiger partial charge in [-0.3, -0.25) is 0 Å². The minimum Gasteiger partial charge on any atom is -0.368 e. The molecule has 0 atom stereocenters. The quantitative estimate of drug-likeness (QED) is 0.632. The van der Waals surface area contributed by atoms with Crippen LogP contribution in [-0.4, -0.2) is 24.8 Å². The van der Waals surface area contributed by atoms with E-state index in [2.05, 4.69) is 30.1 Å². The van der Waals surface area contributed by atoms with Gasteiger partial charge in [-0.2, -0.15) is 4.98 Å². The number of H-pyrrole nitrogens is 1. The van der Waals surface area contributed by atoms with Crippen molar-refractivity contribution in [2.75, 3.05) is 11.1 Å². The molecule has 0 aromatic carbocycles. The average Bonchev–Trinajstić information content (AvgIpc) is 2.71. The topological polar surface area (TPSA) is 105 Å². The van der Waals surface area contributed by atoms with E-state index in [1.54, 1.807) is 0 Å². The van der Waals surface area contributed by atoms with Gasteiger partial charge in [0.2, 0.25) is 11.9 Å². The van der Waals surface area contributed by atoms with E-state index in [0.29, 0.717) is 18.4 Å². The zero-order valence-corrected chi connectivity index (χ0v) is 7.38. The summed E-state index contributed by atoms with van der Waals surface area (Å²) in [5, 5.41) is 15.0. The number of rotatable bonds is 3. The smallest absolute Gasteiger partial charge is 0.244 e. The van der Waals surface area contributed by atoms with Gasteiger partial charge in [0.05, 0.1) is 12.2 Å². The molecule has 7 nitrogen and oxygen atoms in total. The van der Waals surface area contributed by atoms with Crippen LogP contribution in [0.15, 0.2) is 5.38 Å². The van der Waals surface area contributed by atoms with Crippen LogP contribution in [0.1, 0.15) is 5.69 Å². The first-order valence-corrected chi connectivity index (χ1v) is 4.36. The van der Waals surface area contributed by atoms with Crippen molar-refractivity contribution in [3.63, 3.8) is 0 Å². The molecular formula is C5H7N7S. The summed E-state index contributed by atoms with van der Waals surface area (Å²) in [6.45, 7) is 0.549. The van der Waals surface area contributed by atoms with E-state index in [0.717, 1.165) is 5.69 Å². The summed E-state index contributed by atoms with van der Waals surface area (Å²) in [6, 6.07) is 0. The normalized spacial score (nSPS) is 10.2. The molecule has 8 heteroatoms. The van der Waals surface area contributed by atoms with Gasteiger partial charge in [0, 0.05) is 5.38 Å². The number of hydrogen-bond acceptors (Lipinski definition) is 7. The van der Waals surface area contributed by atoms with Crippen LogP contribution < -0.4 is 11.1 Å². The summed E-state index contributed by atoms with van der Waals surface area (Å²) in [7, 11) is 0. The predicted molar refractivity (Wildman–Crippen MR) is 48.0 cm³/mol. The van der Waals surface area contributed by atoms with Crippen LogP contribution in [0.3, 0.4) is 0 Å². The Hall–Kier alpha value is -1.70. The van der Waals surface area contributed by atoms with Crippen LogP contribution in [-0.2, 0) is 6.54 Å². The van der Waals surface area contributed by atoms with E-state index in [-0.39, 0.29) is 0 Å². The van der Waals surface area contributed by atoms with Gasteiger partial charge in [0.1, 0.15) is 0 Å². The van der Waals surface area contributed by atoms with Crippen LogP contribution in [0.5, 0.6) is 0 Å². The number of nitrogens with zero attached hydrogens (tertiary/aromatic N) is 4. The molecule has 0 spiro atoms. The summed E-state index contributed by atoms with van der Waals surface area (Å²) in [5.74, 6) is 0.754. The zero-order chi connectivity index (χ0) is 9.10. The molecule has 0 radical (unpaired) electrons. The lowest BCUT2D eigenvalue weighted by molar-refractivity contribution is 0.974. The minimum atomic E-state index is 0.291. The Kier molecular flexibility index (Phi) is 2.04. The molecule has 0 fully saturated rings. The van der Waals surface area contributed by atoms with Gasteiger partial charge in [-0.1, -0.05) is 4.49 Å². The maximum Gasteiger partial charge on any atom is 0.244 e. The molecule has 2 heterocycles. The monoisotopic (exact) mass is 197 g/mol.